The van der Waals surface area contributed by atoms with Gasteiger partial charge in [0, 0.05) is 6.20 Å². The molecule has 1 saturated carbocycles. The van der Waals surface area contributed by atoms with Crippen LogP contribution in [0.1, 0.15) is 61.1 Å². The maximum absolute atomic E-state index is 12.7. The molecule has 0 aliphatic heterocycles. The number of hydrogen-bond acceptors (Lipinski definition) is 4. The van der Waals surface area contributed by atoms with Gasteiger partial charge in [0.2, 0.25) is 0 Å². The molecule has 0 atom stereocenters. The highest BCUT2D eigenvalue weighted by Gasteiger charge is 2.28. The minimum Gasteiger partial charge on any atom is -0.266 e. The summed E-state index contributed by atoms with van der Waals surface area (Å²) in [5.74, 6) is -0.605. The Morgan fingerprint density at radius 1 is 1.25 bits per heavy atom. The number of carbonyl (C=O) groups is 1. The van der Waals surface area contributed by atoms with E-state index in [1.54, 1.807) is 28.9 Å². The average molecular weight is 347 g/mol. The number of benzene rings is 1. The normalized spacial score (nSPS) is 15.3. The molecule has 0 bridgehead atoms. The molecule has 2 aromatic rings. The van der Waals surface area contributed by atoms with Gasteiger partial charge in [0.05, 0.1) is 10.9 Å². The number of hydrogen-bond donors (Lipinski definition) is 1. The molecule has 1 aromatic heterocycles. The van der Waals surface area contributed by atoms with Crippen LogP contribution < -0.4 is 4.72 Å². The van der Waals surface area contributed by atoms with Crippen LogP contribution in [0.3, 0.4) is 0 Å². The van der Waals surface area contributed by atoms with Gasteiger partial charge in [-0.25, -0.2) is 13.1 Å². The van der Waals surface area contributed by atoms with Crippen molar-refractivity contribution in [1.82, 2.24) is 14.5 Å². The van der Waals surface area contributed by atoms with Crippen molar-refractivity contribution in [2.45, 2.75) is 50.0 Å². The molecule has 7 heteroatoms. The second-order valence-electron chi connectivity index (χ2n) is 6.37. The summed E-state index contributed by atoms with van der Waals surface area (Å²) in [6.07, 6.45) is 4.56. The van der Waals surface area contributed by atoms with Crippen molar-refractivity contribution in [3.63, 3.8) is 0 Å². The number of nitrogens with zero attached hydrogens (tertiary/aromatic N) is 2. The molecule has 0 saturated heterocycles. The Balaban J connectivity index is 1.88. The van der Waals surface area contributed by atoms with Gasteiger partial charge >= 0.3 is 0 Å². The fourth-order valence-electron chi connectivity index (χ4n) is 2.85. The summed E-state index contributed by atoms with van der Waals surface area (Å²) >= 11 is 0. The quantitative estimate of drug-likeness (QED) is 0.902. The standard InChI is InChI=1S/C17H21N3O3S/c1-12(2)14-8-3-4-9-16(14)24(22,23)19-17(21)15-10-11-18-20(15)13-6-5-7-13/h3-4,8-13H,5-7H2,1-2H3,(H,19,21). The van der Waals surface area contributed by atoms with E-state index in [0.29, 0.717) is 5.56 Å². The summed E-state index contributed by atoms with van der Waals surface area (Å²) < 4.78 is 29.1. The molecule has 0 spiro atoms. The Morgan fingerprint density at radius 3 is 2.58 bits per heavy atom. The molecular formula is C17H21N3O3S. The van der Waals surface area contributed by atoms with Gasteiger partial charge in [-0.2, -0.15) is 5.10 Å². The molecule has 128 valence electrons. The van der Waals surface area contributed by atoms with Crippen molar-refractivity contribution < 1.29 is 13.2 Å². The number of aromatic nitrogens is 2. The Hall–Kier alpha value is -2.15. The van der Waals surface area contributed by atoms with Crippen molar-refractivity contribution in [2.75, 3.05) is 0 Å². The van der Waals surface area contributed by atoms with Crippen LogP contribution in [0.2, 0.25) is 0 Å². The Bertz CT molecular complexity index is 851. The van der Waals surface area contributed by atoms with Crippen LogP contribution in [0.25, 0.3) is 0 Å². The summed E-state index contributed by atoms with van der Waals surface area (Å²) in [7, 11) is -3.93. The Morgan fingerprint density at radius 2 is 1.96 bits per heavy atom. The van der Waals surface area contributed by atoms with Gasteiger partial charge in [-0.15, -0.1) is 0 Å². The van der Waals surface area contributed by atoms with Crippen molar-refractivity contribution >= 4 is 15.9 Å². The lowest BCUT2D eigenvalue weighted by Crippen LogP contribution is -2.34. The van der Waals surface area contributed by atoms with Crippen LogP contribution in [-0.4, -0.2) is 24.1 Å². The van der Waals surface area contributed by atoms with E-state index < -0.39 is 15.9 Å². The maximum atomic E-state index is 12.7. The number of carbonyl (C=O) groups excluding carboxylic acids is 1. The molecule has 1 heterocycles. The van der Waals surface area contributed by atoms with Gasteiger partial charge in [-0.3, -0.25) is 9.48 Å². The van der Waals surface area contributed by atoms with E-state index in [1.165, 1.54) is 12.3 Å². The first-order valence-electron chi connectivity index (χ1n) is 8.09. The molecule has 1 aromatic carbocycles. The highest BCUT2D eigenvalue weighted by atomic mass is 32.2. The Labute approximate surface area is 141 Å². The monoisotopic (exact) mass is 347 g/mol. The average Bonchev–Trinajstić information content (AvgIpc) is 2.94. The first kappa shape index (κ1) is 16.7. The fraction of sp³-hybridized carbons (Fsp3) is 0.412. The summed E-state index contributed by atoms with van der Waals surface area (Å²) in [5, 5.41) is 4.17. The lowest BCUT2D eigenvalue weighted by Gasteiger charge is -2.27. The topological polar surface area (TPSA) is 81.1 Å². The number of amides is 1. The van der Waals surface area contributed by atoms with E-state index in [-0.39, 0.29) is 22.5 Å². The van der Waals surface area contributed by atoms with E-state index in [1.807, 2.05) is 13.8 Å². The first-order chi connectivity index (χ1) is 11.4. The van der Waals surface area contributed by atoms with Gasteiger partial charge in [-0.05, 0) is 42.9 Å². The van der Waals surface area contributed by atoms with Gasteiger partial charge in [0.1, 0.15) is 5.69 Å². The molecule has 0 unspecified atom stereocenters. The van der Waals surface area contributed by atoms with E-state index in [0.717, 1.165) is 19.3 Å². The second-order valence-corrected chi connectivity index (χ2v) is 8.02. The van der Waals surface area contributed by atoms with E-state index in [2.05, 4.69) is 9.82 Å². The number of nitrogens with one attached hydrogen (secondary N) is 1. The molecule has 6 nitrogen and oxygen atoms in total. The van der Waals surface area contributed by atoms with E-state index >= 15 is 0 Å². The smallest absolute Gasteiger partial charge is 0.266 e. The van der Waals surface area contributed by atoms with Crippen LogP contribution in [0.4, 0.5) is 0 Å². The van der Waals surface area contributed by atoms with Gasteiger partial charge < -0.3 is 0 Å². The SMILES string of the molecule is CC(C)c1ccccc1S(=O)(=O)NC(=O)c1ccnn1C1CCC1. The predicted octanol–water partition coefficient (Wildman–Crippen LogP) is 2.85. The molecular weight excluding hydrogens is 326 g/mol. The summed E-state index contributed by atoms with van der Waals surface area (Å²) in [6.45, 7) is 3.84. The predicted molar refractivity (Wildman–Crippen MR) is 90.3 cm³/mol. The van der Waals surface area contributed by atoms with Crippen molar-refractivity contribution in [3.8, 4) is 0 Å². The minimum absolute atomic E-state index is 0.0355. The maximum Gasteiger partial charge on any atom is 0.283 e. The van der Waals surface area contributed by atoms with Crippen molar-refractivity contribution in [3.05, 3.63) is 47.8 Å². The van der Waals surface area contributed by atoms with Gasteiger partial charge in [0.25, 0.3) is 15.9 Å². The molecule has 1 N–H and O–H groups in total. The van der Waals surface area contributed by atoms with Crippen LogP contribution in [-0.2, 0) is 10.0 Å². The zero-order valence-electron chi connectivity index (χ0n) is 13.8. The highest BCUT2D eigenvalue weighted by molar-refractivity contribution is 7.90. The number of rotatable bonds is 5. The van der Waals surface area contributed by atoms with Crippen LogP contribution in [0.5, 0.6) is 0 Å². The molecule has 24 heavy (non-hydrogen) atoms. The second kappa shape index (κ2) is 6.39. The fourth-order valence-corrected chi connectivity index (χ4v) is 4.18. The summed E-state index contributed by atoms with van der Waals surface area (Å²) in [6, 6.07) is 8.48. The van der Waals surface area contributed by atoms with Crippen molar-refractivity contribution in [2.24, 2.45) is 0 Å². The zero-order chi connectivity index (χ0) is 17.3. The third-order valence-electron chi connectivity index (χ3n) is 4.38. The molecule has 1 aliphatic carbocycles. The van der Waals surface area contributed by atoms with Crippen LogP contribution >= 0.6 is 0 Å². The zero-order valence-corrected chi connectivity index (χ0v) is 14.6. The first-order valence-corrected chi connectivity index (χ1v) is 9.58. The third-order valence-corrected chi connectivity index (χ3v) is 5.79. The highest BCUT2D eigenvalue weighted by Crippen LogP contribution is 2.32. The Kier molecular flexibility index (Phi) is 4.45. The lowest BCUT2D eigenvalue weighted by molar-refractivity contribution is 0.0963. The molecule has 1 fully saturated rings. The van der Waals surface area contributed by atoms with Crippen LogP contribution in [0, 0.1) is 0 Å². The van der Waals surface area contributed by atoms with Gasteiger partial charge in [0.15, 0.2) is 0 Å². The van der Waals surface area contributed by atoms with E-state index in [9.17, 15) is 13.2 Å². The molecule has 1 aliphatic rings. The molecule has 0 radical (unpaired) electrons. The largest absolute Gasteiger partial charge is 0.283 e. The summed E-state index contributed by atoms with van der Waals surface area (Å²) in [4.78, 5) is 12.6. The molecule has 1 amide bonds. The number of sulfonamides is 1. The van der Waals surface area contributed by atoms with E-state index in [4.69, 9.17) is 0 Å². The molecule has 3 rings (SSSR count). The lowest BCUT2D eigenvalue weighted by atomic mass is 9.93. The van der Waals surface area contributed by atoms with Gasteiger partial charge in [-0.1, -0.05) is 32.0 Å². The minimum atomic E-state index is -3.93. The van der Waals surface area contributed by atoms with Crippen LogP contribution in [0.15, 0.2) is 41.4 Å². The van der Waals surface area contributed by atoms with Crippen molar-refractivity contribution in [1.29, 1.82) is 0 Å². The summed E-state index contributed by atoms with van der Waals surface area (Å²) in [5.41, 5.74) is 0.968. The third kappa shape index (κ3) is 3.08.